The van der Waals surface area contributed by atoms with Crippen LogP contribution in [0.5, 0.6) is 0 Å². The van der Waals surface area contributed by atoms with Crippen LogP contribution in [0.4, 0.5) is 0 Å². The van der Waals surface area contributed by atoms with E-state index in [4.69, 9.17) is 4.42 Å². The highest BCUT2D eigenvalue weighted by Crippen LogP contribution is 2.27. The molecule has 0 radical (unpaired) electrons. The number of nitrogens with one attached hydrogen (secondary N) is 1. The second-order valence-electron chi connectivity index (χ2n) is 6.54. The average Bonchev–Trinajstić information content (AvgIpc) is 3.10. The van der Waals surface area contributed by atoms with Crippen molar-refractivity contribution in [2.45, 2.75) is 37.7 Å². The summed E-state index contributed by atoms with van der Waals surface area (Å²) in [6.07, 6.45) is 0.807. The minimum Gasteiger partial charge on any atom is -0.411 e. The highest BCUT2D eigenvalue weighted by molar-refractivity contribution is 8.00. The van der Waals surface area contributed by atoms with Crippen LogP contribution in [-0.2, 0) is 11.2 Å². The Bertz CT molecular complexity index is 889. The van der Waals surface area contributed by atoms with Crippen molar-refractivity contribution in [2.75, 3.05) is 6.54 Å². The third kappa shape index (κ3) is 5.44. The molecule has 140 valence electrons. The SMILES string of the molecule is Cc1cc(C)cc(-c2nnc(S[C@@H](C)C(=O)NCCc3ccccc3)o2)c1. The fourth-order valence-electron chi connectivity index (χ4n) is 2.80. The summed E-state index contributed by atoms with van der Waals surface area (Å²) in [5.41, 5.74) is 4.38. The van der Waals surface area contributed by atoms with Crippen LogP contribution in [0.3, 0.4) is 0 Å². The summed E-state index contributed by atoms with van der Waals surface area (Å²) in [5.74, 6) is 0.433. The zero-order valence-corrected chi connectivity index (χ0v) is 16.5. The summed E-state index contributed by atoms with van der Waals surface area (Å²) in [6, 6.07) is 16.2. The molecule has 0 aliphatic heterocycles. The van der Waals surface area contributed by atoms with E-state index < -0.39 is 0 Å². The molecule has 1 atom stereocenters. The van der Waals surface area contributed by atoms with Gasteiger partial charge in [-0.1, -0.05) is 59.3 Å². The fraction of sp³-hybridized carbons (Fsp3) is 0.286. The van der Waals surface area contributed by atoms with E-state index in [0.717, 1.165) is 23.1 Å². The van der Waals surface area contributed by atoms with Crippen LogP contribution in [0.2, 0.25) is 0 Å². The number of amides is 1. The van der Waals surface area contributed by atoms with Crippen molar-refractivity contribution in [2.24, 2.45) is 0 Å². The Morgan fingerprint density at radius 1 is 1.11 bits per heavy atom. The van der Waals surface area contributed by atoms with E-state index >= 15 is 0 Å². The molecule has 1 heterocycles. The Morgan fingerprint density at radius 2 is 1.81 bits per heavy atom. The summed E-state index contributed by atoms with van der Waals surface area (Å²) < 4.78 is 5.74. The molecule has 0 bridgehead atoms. The van der Waals surface area contributed by atoms with Crippen molar-refractivity contribution in [1.29, 1.82) is 0 Å². The van der Waals surface area contributed by atoms with Crippen molar-refractivity contribution in [3.63, 3.8) is 0 Å². The molecule has 0 aliphatic rings. The predicted octanol–water partition coefficient (Wildman–Crippen LogP) is 4.19. The molecule has 2 aromatic carbocycles. The molecule has 1 amide bonds. The molecule has 3 rings (SSSR count). The first-order chi connectivity index (χ1) is 13.0. The van der Waals surface area contributed by atoms with Crippen LogP contribution in [0.1, 0.15) is 23.6 Å². The summed E-state index contributed by atoms with van der Waals surface area (Å²) in [5, 5.41) is 11.2. The topological polar surface area (TPSA) is 68.0 Å². The molecule has 0 saturated carbocycles. The quantitative estimate of drug-likeness (QED) is 0.622. The fourth-order valence-corrected chi connectivity index (χ4v) is 3.50. The summed E-state index contributed by atoms with van der Waals surface area (Å²) >= 11 is 1.27. The van der Waals surface area contributed by atoms with Gasteiger partial charge >= 0.3 is 0 Å². The van der Waals surface area contributed by atoms with E-state index in [1.165, 1.54) is 17.3 Å². The largest absolute Gasteiger partial charge is 0.411 e. The molecule has 0 unspecified atom stereocenters. The number of benzene rings is 2. The normalized spacial score (nSPS) is 12.0. The van der Waals surface area contributed by atoms with Crippen molar-refractivity contribution in [1.82, 2.24) is 15.5 Å². The van der Waals surface area contributed by atoms with Gasteiger partial charge in [0.1, 0.15) is 0 Å². The lowest BCUT2D eigenvalue weighted by atomic mass is 10.1. The van der Waals surface area contributed by atoms with Gasteiger partial charge in [-0.2, -0.15) is 0 Å². The van der Waals surface area contributed by atoms with Crippen molar-refractivity contribution in [3.8, 4) is 11.5 Å². The third-order valence-electron chi connectivity index (χ3n) is 4.08. The van der Waals surface area contributed by atoms with Gasteiger partial charge in [0.25, 0.3) is 5.22 Å². The monoisotopic (exact) mass is 381 g/mol. The number of aryl methyl sites for hydroxylation is 2. The van der Waals surface area contributed by atoms with Gasteiger partial charge < -0.3 is 9.73 Å². The van der Waals surface area contributed by atoms with Gasteiger partial charge in [0.15, 0.2) is 0 Å². The van der Waals surface area contributed by atoms with Gasteiger partial charge in [0, 0.05) is 12.1 Å². The van der Waals surface area contributed by atoms with E-state index in [1.54, 1.807) is 0 Å². The summed E-state index contributed by atoms with van der Waals surface area (Å²) in [4.78, 5) is 12.3. The molecule has 6 heteroatoms. The number of hydrogen-bond donors (Lipinski definition) is 1. The van der Waals surface area contributed by atoms with E-state index in [1.807, 2.05) is 51.1 Å². The molecule has 0 aliphatic carbocycles. The van der Waals surface area contributed by atoms with Crippen LogP contribution >= 0.6 is 11.8 Å². The molecule has 0 spiro atoms. The number of thioether (sulfide) groups is 1. The first-order valence-corrected chi connectivity index (χ1v) is 9.79. The number of hydrogen-bond acceptors (Lipinski definition) is 5. The molecule has 1 aromatic heterocycles. The average molecular weight is 382 g/mol. The zero-order valence-electron chi connectivity index (χ0n) is 15.7. The maximum Gasteiger partial charge on any atom is 0.277 e. The van der Waals surface area contributed by atoms with Crippen LogP contribution < -0.4 is 5.32 Å². The number of aromatic nitrogens is 2. The Kier molecular flexibility index (Phi) is 6.29. The summed E-state index contributed by atoms with van der Waals surface area (Å²) in [6.45, 7) is 6.50. The maximum atomic E-state index is 12.3. The van der Waals surface area contributed by atoms with Crippen LogP contribution in [0.15, 0.2) is 58.2 Å². The first kappa shape index (κ1) is 19.2. The number of nitrogens with zero attached hydrogens (tertiary/aromatic N) is 2. The Labute approximate surface area is 163 Å². The maximum absolute atomic E-state index is 12.3. The van der Waals surface area contributed by atoms with Gasteiger partial charge in [-0.15, -0.1) is 10.2 Å². The molecular weight excluding hydrogens is 358 g/mol. The van der Waals surface area contributed by atoms with Crippen LogP contribution in [0, 0.1) is 13.8 Å². The number of carbonyl (C=O) groups excluding carboxylic acids is 1. The minimum absolute atomic E-state index is 0.0397. The van der Waals surface area contributed by atoms with Gasteiger partial charge in [0.2, 0.25) is 11.8 Å². The Balaban J connectivity index is 1.54. The predicted molar refractivity (Wildman–Crippen MR) is 108 cm³/mol. The third-order valence-corrected chi connectivity index (χ3v) is 5.01. The molecular formula is C21H23N3O2S. The number of carbonyl (C=O) groups is 1. The van der Waals surface area contributed by atoms with Crippen molar-refractivity contribution >= 4 is 17.7 Å². The Hall–Kier alpha value is -2.60. The second kappa shape index (κ2) is 8.86. The lowest BCUT2D eigenvalue weighted by Gasteiger charge is -2.09. The van der Waals surface area contributed by atoms with E-state index in [-0.39, 0.29) is 11.2 Å². The van der Waals surface area contributed by atoms with Gasteiger partial charge in [0.05, 0.1) is 5.25 Å². The van der Waals surface area contributed by atoms with Gasteiger partial charge in [-0.05, 0) is 44.9 Å². The standard InChI is InChI=1S/C21H23N3O2S/c1-14-11-15(2)13-18(12-14)20-23-24-21(26-20)27-16(3)19(25)22-10-9-17-7-5-4-6-8-17/h4-8,11-13,16H,9-10H2,1-3H3,(H,22,25)/t16-/m0/s1. The molecule has 5 nitrogen and oxygen atoms in total. The lowest BCUT2D eigenvalue weighted by molar-refractivity contribution is -0.120. The molecule has 0 fully saturated rings. The number of rotatable bonds is 7. The van der Waals surface area contributed by atoms with Gasteiger partial charge in [-0.25, -0.2) is 0 Å². The second-order valence-corrected chi connectivity index (χ2v) is 7.83. The van der Waals surface area contributed by atoms with Crippen LogP contribution in [0.25, 0.3) is 11.5 Å². The minimum atomic E-state index is -0.312. The van der Waals surface area contributed by atoms with E-state index in [2.05, 4.69) is 33.7 Å². The lowest BCUT2D eigenvalue weighted by Crippen LogP contribution is -2.32. The van der Waals surface area contributed by atoms with Gasteiger partial charge in [-0.3, -0.25) is 4.79 Å². The Morgan fingerprint density at radius 3 is 2.52 bits per heavy atom. The van der Waals surface area contributed by atoms with Crippen molar-refractivity contribution < 1.29 is 9.21 Å². The molecule has 3 aromatic rings. The summed E-state index contributed by atoms with van der Waals surface area (Å²) in [7, 11) is 0. The smallest absolute Gasteiger partial charge is 0.277 e. The molecule has 1 N–H and O–H groups in total. The first-order valence-electron chi connectivity index (χ1n) is 8.92. The highest BCUT2D eigenvalue weighted by Gasteiger charge is 2.18. The zero-order chi connectivity index (χ0) is 19.2. The van der Waals surface area contributed by atoms with Crippen molar-refractivity contribution in [3.05, 3.63) is 65.2 Å². The van der Waals surface area contributed by atoms with E-state index in [0.29, 0.717) is 17.7 Å². The highest BCUT2D eigenvalue weighted by atomic mass is 32.2. The van der Waals surface area contributed by atoms with Crippen LogP contribution in [-0.4, -0.2) is 27.9 Å². The molecule has 0 saturated heterocycles. The van der Waals surface area contributed by atoms with E-state index in [9.17, 15) is 4.79 Å². The molecule has 27 heavy (non-hydrogen) atoms.